The van der Waals surface area contributed by atoms with Crippen LogP contribution in [-0.4, -0.2) is 41.1 Å². The summed E-state index contributed by atoms with van der Waals surface area (Å²) in [5.74, 6) is 0.381. The number of hydrazone groups is 1. The van der Waals surface area contributed by atoms with Crippen molar-refractivity contribution in [3.63, 3.8) is 0 Å². The number of carbonyl (C=O) groups excluding carboxylic acids is 1. The molecule has 4 heterocycles. The van der Waals surface area contributed by atoms with Crippen molar-refractivity contribution in [2.45, 2.75) is 19.8 Å². The third-order valence-electron chi connectivity index (χ3n) is 4.83. The number of nitrogens with one attached hydrogen (secondary N) is 1. The van der Waals surface area contributed by atoms with E-state index in [4.69, 9.17) is 0 Å². The standard InChI is InChI=1S/C18H20N4O/c1-12-10-15(14-4-2-3-5-16(14)19-12)18(23)21-20-17-11-22-8-6-13(17)7-9-22/h2-5,10,13H,6-9,11H2,1H3,(H,21,23)/b20-17-. The second-order valence-corrected chi connectivity index (χ2v) is 6.42. The number of rotatable bonds is 2. The zero-order valence-electron chi connectivity index (χ0n) is 13.2. The number of carbonyl (C=O) groups is 1. The first-order valence-electron chi connectivity index (χ1n) is 8.16. The summed E-state index contributed by atoms with van der Waals surface area (Å²) in [5.41, 5.74) is 6.20. The maximum atomic E-state index is 12.6. The number of pyridine rings is 1. The van der Waals surface area contributed by atoms with Crippen molar-refractivity contribution in [2.24, 2.45) is 11.0 Å². The van der Waals surface area contributed by atoms with Gasteiger partial charge in [0.1, 0.15) is 0 Å². The van der Waals surface area contributed by atoms with Crippen LogP contribution < -0.4 is 5.43 Å². The number of hydrogen-bond donors (Lipinski definition) is 1. The molecule has 1 aromatic carbocycles. The molecule has 118 valence electrons. The van der Waals surface area contributed by atoms with E-state index < -0.39 is 0 Å². The Morgan fingerprint density at radius 3 is 2.83 bits per heavy atom. The molecular weight excluding hydrogens is 288 g/mol. The van der Waals surface area contributed by atoms with Gasteiger partial charge in [-0.25, -0.2) is 5.43 Å². The molecule has 5 nitrogen and oxygen atoms in total. The molecule has 3 fully saturated rings. The minimum absolute atomic E-state index is 0.157. The zero-order valence-corrected chi connectivity index (χ0v) is 13.2. The summed E-state index contributed by atoms with van der Waals surface area (Å²) in [6, 6.07) is 9.55. The molecule has 3 aliphatic heterocycles. The lowest BCUT2D eigenvalue weighted by Crippen LogP contribution is -2.48. The summed E-state index contributed by atoms with van der Waals surface area (Å²) in [5, 5.41) is 5.30. The molecule has 1 N–H and O–H groups in total. The van der Waals surface area contributed by atoms with Gasteiger partial charge >= 0.3 is 0 Å². The number of benzene rings is 1. The number of aromatic nitrogens is 1. The van der Waals surface area contributed by atoms with Gasteiger partial charge < -0.3 is 0 Å². The molecule has 0 aliphatic carbocycles. The van der Waals surface area contributed by atoms with Crippen LogP contribution in [0.4, 0.5) is 0 Å². The first-order valence-corrected chi connectivity index (χ1v) is 8.16. The smallest absolute Gasteiger partial charge is 0.272 e. The normalized spacial score (nSPS) is 25.0. The predicted molar refractivity (Wildman–Crippen MR) is 90.5 cm³/mol. The first kappa shape index (κ1) is 14.3. The van der Waals surface area contributed by atoms with Crippen molar-refractivity contribution >= 4 is 22.5 Å². The van der Waals surface area contributed by atoms with Crippen molar-refractivity contribution in [1.82, 2.24) is 15.3 Å². The third-order valence-corrected chi connectivity index (χ3v) is 4.83. The average Bonchev–Trinajstić information content (AvgIpc) is 2.60. The second kappa shape index (κ2) is 5.74. The highest BCUT2D eigenvalue weighted by Crippen LogP contribution is 2.25. The van der Waals surface area contributed by atoms with E-state index in [-0.39, 0.29) is 5.91 Å². The Hall–Kier alpha value is -2.27. The van der Waals surface area contributed by atoms with E-state index in [2.05, 4.69) is 20.4 Å². The molecule has 0 unspecified atom stereocenters. The Kier molecular flexibility index (Phi) is 3.58. The van der Waals surface area contributed by atoms with Crippen molar-refractivity contribution < 1.29 is 4.79 Å². The number of aryl methyl sites for hydroxylation is 1. The summed E-state index contributed by atoms with van der Waals surface area (Å²) >= 11 is 0. The van der Waals surface area contributed by atoms with Crippen LogP contribution >= 0.6 is 0 Å². The summed E-state index contributed by atoms with van der Waals surface area (Å²) < 4.78 is 0. The topological polar surface area (TPSA) is 57.6 Å². The van der Waals surface area contributed by atoms with Gasteiger partial charge in [-0.1, -0.05) is 18.2 Å². The molecule has 0 radical (unpaired) electrons. The van der Waals surface area contributed by atoms with Crippen LogP contribution in [0.25, 0.3) is 10.9 Å². The van der Waals surface area contributed by atoms with E-state index in [9.17, 15) is 4.79 Å². The first-order chi connectivity index (χ1) is 11.2. The monoisotopic (exact) mass is 308 g/mol. The molecule has 3 saturated heterocycles. The lowest BCUT2D eigenvalue weighted by Gasteiger charge is -2.39. The molecular formula is C18H20N4O. The predicted octanol–water partition coefficient (Wildman–Crippen LogP) is 2.35. The second-order valence-electron chi connectivity index (χ2n) is 6.42. The van der Waals surface area contributed by atoms with E-state index in [1.54, 1.807) is 0 Å². The summed E-state index contributed by atoms with van der Waals surface area (Å²) in [6.45, 7) is 5.11. The van der Waals surface area contributed by atoms with E-state index >= 15 is 0 Å². The van der Waals surface area contributed by atoms with Gasteiger partial charge in [0, 0.05) is 23.5 Å². The van der Waals surface area contributed by atoms with E-state index in [0.717, 1.165) is 54.8 Å². The summed E-state index contributed by atoms with van der Waals surface area (Å²) in [6.07, 6.45) is 2.32. The minimum Gasteiger partial charge on any atom is -0.298 e. The Morgan fingerprint density at radius 1 is 1.30 bits per heavy atom. The van der Waals surface area contributed by atoms with Crippen molar-refractivity contribution in [2.75, 3.05) is 19.6 Å². The quantitative estimate of drug-likeness (QED) is 0.867. The van der Waals surface area contributed by atoms with Crippen molar-refractivity contribution in [3.8, 4) is 0 Å². The molecule has 1 aromatic heterocycles. The summed E-state index contributed by atoms with van der Waals surface area (Å²) in [7, 11) is 0. The maximum Gasteiger partial charge on any atom is 0.272 e. The molecule has 3 aliphatic rings. The van der Waals surface area contributed by atoms with Gasteiger partial charge in [-0.15, -0.1) is 0 Å². The third kappa shape index (κ3) is 2.72. The van der Waals surface area contributed by atoms with E-state index in [0.29, 0.717) is 11.5 Å². The fraction of sp³-hybridized carbons (Fsp3) is 0.389. The van der Waals surface area contributed by atoms with E-state index in [1.165, 1.54) is 0 Å². The van der Waals surface area contributed by atoms with Crippen molar-refractivity contribution in [1.29, 1.82) is 0 Å². The molecule has 5 rings (SSSR count). The number of piperidine rings is 3. The Labute approximate surface area is 135 Å². The Bertz CT molecular complexity index is 791. The fourth-order valence-corrected chi connectivity index (χ4v) is 3.59. The Morgan fingerprint density at radius 2 is 2.09 bits per heavy atom. The van der Waals surface area contributed by atoms with Crippen LogP contribution in [0.15, 0.2) is 35.4 Å². The number of nitrogens with zero attached hydrogens (tertiary/aromatic N) is 3. The average molecular weight is 308 g/mol. The van der Waals surface area contributed by atoms with Gasteiger partial charge in [0.15, 0.2) is 0 Å². The van der Waals surface area contributed by atoms with Crippen LogP contribution in [-0.2, 0) is 0 Å². The molecule has 2 aromatic rings. The number of hydrogen-bond acceptors (Lipinski definition) is 4. The largest absolute Gasteiger partial charge is 0.298 e. The minimum atomic E-state index is -0.157. The van der Waals surface area contributed by atoms with Crippen LogP contribution in [0, 0.1) is 12.8 Å². The fourth-order valence-electron chi connectivity index (χ4n) is 3.59. The van der Waals surface area contributed by atoms with E-state index in [1.807, 2.05) is 37.3 Å². The number of para-hydroxylation sites is 1. The summed E-state index contributed by atoms with van der Waals surface area (Å²) in [4.78, 5) is 19.5. The molecule has 23 heavy (non-hydrogen) atoms. The molecule has 2 bridgehead atoms. The molecule has 0 atom stereocenters. The van der Waals surface area contributed by atoms with Gasteiger partial charge in [0.25, 0.3) is 5.91 Å². The van der Waals surface area contributed by atoms with Crippen LogP contribution in [0.5, 0.6) is 0 Å². The number of fused-ring (bicyclic) bond motifs is 4. The van der Waals surface area contributed by atoms with Crippen LogP contribution in [0.2, 0.25) is 0 Å². The molecule has 0 saturated carbocycles. The van der Waals surface area contributed by atoms with Gasteiger partial charge in [0.2, 0.25) is 0 Å². The number of amides is 1. The maximum absolute atomic E-state index is 12.6. The zero-order chi connectivity index (χ0) is 15.8. The highest BCUT2D eigenvalue weighted by Gasteiger charge is 2.31. The molecule has 0 spiro atoms. The SMILES string of the molecule is Cc1cc(C(=O)N/N=C2/CN3CCC2CC3)c2ccccc2n1. The lowest BCUT2D eigenvalue weighted by molar-refractivity contribution is 0.0954. The van der Waals surface area contributed by atoms with Gasteiger partial charge in [-0.2, -0.15) is 5.10 Å². The van der Waals surface area contributed by atoms with Crippen molar-refractivity contribution in [3.05, 3.63) is 41.6 Å². The lowest BCUT2D eigenvalue weighted by atomic mass is 9.87. The highest BCUT2D eigenvalue weighted by atomic mass is 16.2. The van der Waals surface area contributed by atoms with Gasteiger partial charge in [0.05, 0.1) is 16.8 Å². The Balaban J connectivity index is 1.60. The van der Waals surface area contributed by atoms with Crippen LogP contribution in [0.1, 0.15) is 28.9 Å². The van der Waals surface area contributed by atoms with Crippen LogP contribution in [0.3, 0.4) is 0 Å². The highest BCUT2D eigenvalue weighted by molar-refractivity contribution is 6.06. The molecule has 1 amide bonds. The van der Waals surface area contributed by atoms with Gasteiger partial charge in [-0.05, 0) is 45.0 Å². The molecule has 5 heteroatoms. The van der Waals surface area contributed by atoms with Gasteiger partial charge in [-0.3, -0.25) is 14.7 Å².